The molecule has 1 heterocycles. The molecule has 9 heteroatoms. The maximum Gasteiger partial charge on any atom is 0.338 e. The third-order valence-electron chi connectivity index (χ3n) is 4.66. The topological polar surface area (TPSA) is 96.0 Å². The van der Waals surface area contributed by atoms with Crippen LogP contribution >= 0.6 is 0 Å². The van der Waals surface area contributed by atoms with E-state index >= 15 is 0 Å². The summed E-state index contributed by atoms with van der Waals surface area (Å²) in [7, 11) is -0.569. The van der Waals surface area contributed by atoms with Gasteiger partial charge < -0.3 is 10.1 Å². The maximum absolute atomic E-state index is 12.6. The summed E-state index contributed by atoms with van der Waals surface area (Å²) in [6, 6.07) is 6.50. The van der Waals surface area contributed by atoms with Crippen molar-refractivity contribution in [2.24, 2.45) is 5.92 Å². The summed E-state index contributed by atoms with van der Waals surface area (Å²) in [6.07, 6.45) is 3.04. The van der Waals surface area contributed by atoms with Crippen LogP contribution in [0.5, 0.6) is 0 Å². The number of carbonyl (C=O) groups is 2. The third kappa shape index (κ3) is 5.76. The number of hydrogen-bond donors (Lipinski definition) is 1. The Kier molecular flexibility index (Phi) is 7.97. The van der Waals surface area contributed by atoms with E-state index in [9.17, 15) is 18.0 Å². The van der Waals surface area contributed by atoms with Gasteiger partial charge in [0, 0.05) is 32.9 Å². The lowest BCUT2D eigenvalue weighted by Gasteiger charge is -2.32. The molecule has 1 saturated heterocycles. The zero-order chi connectivity index (χ0) is 20.7. The molecular formula is C19H29N3O5S. The first-order valence-corrected chi connectivity index (χ1v) is 10.9. The highest BCUT2D eigenvalue weighted by molar-refractivity contribution is 7.86. The number of carbonyl (C=O) groups excluding carboxylic acids is 2. The van der Waals surface area contributed by atoms with Crippen LogP contribution in [0.15, 0.2) is 24.3 Å². The van der Waals surface area contributed by atoms with E-state index in [4.69, 9.17) is 4.74 Å². The number of hydrogen-bond acceptors (Lipinski definition) is 5. The molecule has 8 nitrogen and oxygen atoms in total. The van der Waals surface area contributed by atoms with Crippen LogP contribution in [0.4, 0.5) is 5.69 Å². The fraction of sp³-hybridized carbons (Fsp3) is 0.579. The van der Waals surface area contributed by atoms with E-state index in [1.165, 1.54) is 18.4 Å². The fourth-order valence-electron chi connectivity index (χ4n) is 2.92. The van der Waals surface area contributed by atoms with Crippen LogP contribution in [0.2, 0.25) is 0 Å². The zero-order valence-electron chi connectivity index (χ0n) is 16.7. The normalized spacial score (nSPS) is 18.1. The third-order valence-corrected chi connectivity index (χ3v) is 6.57. The highest BCUT2D eigenvalue weighted by Crippen LogP contribution is 2.22. The number of ether oxygens (including phenoxy) is 1. The minimum Gasteiger partial charge on any atom is -0.462 e. The molecule has 1 atom stereocenters. The first kappa shape index (κ1) is 22.3. The molecule has 2 rings (SSSR count). The number of esters is 1. The first-order chi connectivity index (χ1) is 13.3. The van der Waals surface area contributed by atoms with Gasteiger partial charge in [-0.1, -0.05) is 13.3 Å². The Morgan fingerprint density at radius 1 is 1.25 bits per heavy atom. The van der Waals surface area contributed by atoms with Crippen LogP contribution in [-0.2, 0) is 19.7 Å². The molecule has 0 aliphatic carbocycles. The molecule has 1 aliphatic heterocycles. The Balaban J connectivity index is 1.94. The van der Waals surface area contributed by atoms with Gasteiger partial charge in [-0.05, 0) is 43.5 Å². The monoisotopic (exact) mass is 411 g/mol. The molecule has 28 heavy (non-hydrogen) atoms. The number of anilines is 1. The van der Waals surface area contributed by atoms with Gasteiger partial charge in [-0.15, -0.1) is 0 Å². The van der Waals surface area contributed by atoms with Crippen molar-refractivity contribution in [2.75, 3.05) is 39.1 Å². The van der Waals surface area contributed by atoms with Crippen LogP contribution in [0, 0.1) is 5.92 Å². The SMILES string of the molecule is CCCCOC(=O)c1ccc(NC(=O)C2CCCN(S(=O)(=O)N(C)C)C2)cc1. The van der Waals surface area contributed by atoms with Gasteiger partial charge in [0.25, 0.3) is 10.2 Å². The average Bonchev–Trinajstić information content (AvgIpc) is 2.68. The predicted octanol–water partition coefficient (Wildman–Crippen LogP) is 2.10. The molecule has 1 unspecified atom stereocenters. The number of nitrogens with one attached hydrogen (secondary N) is 1. The van der Waals surface area contributed by atoms with E-state index in [0.29, 0.717) is 37.2 Å². The van der Waals surface area contributed by atoms with Gasteiger partial charge in [0.15, 0.2) is 0 Å². The second kappa shape index (κ2) is 9.99. The summed E-state index contributed by atoms with van der Waals surface area (Å²) in [4.78, 5) is 24.5. The van der Waals surface area contributed by atoms with Gasteiger partial charge in [-0.25, -0.2) is 4.79 Å². The molecule has 1 aromatic carbocycles. The number of rotatable bonds is 8. The van der Waals surface area contributed by atoms with Gasteiger partial charge >= 0.3 is 5.97 Å². The summed E-state index contributed by atoms with van der Waals surface area (Å²) in [6.45, 7) is 2.99. The predicted molar refractivity (Wildman–Crippen MR) is 107 cm³/mol. The summed E-state index contributed by atoms with van der Waals surface area (Å²) in [5, 5.41) is 2.81. The van der Waals surface area contributed by atoms with Crippen molar-refractivity contribution in [2.45, 2.75) is 32.6 Å². The molecule has 0 saturated carbocycles. The van der Waals surface area contributed by atoms with E-state index < -0.39 is 16.1 Å². The highest BCUT2D eigenvalue weighted by atomic mass is 32.2. The van der Waals surface area contributed by atoms with E-state index in [1.54, 1.807) is 24.3 Å². The molecule has 0 spiro atoms. The molecule has 156 valence electrons. The van der Waals surface area contributed by atoms with E-state index in [1.807, 2.05) is 6.92 Å². The number of amides is 1. The van der Waals surface area contributed by atoms with E-state index in [2.05, 4.69) is 5.32 Å². The van der Waals surface area contributed by atoms with Crippen LogP contribution < -0.4 is 5.32 Å². The lowest BCUT2D eigenvalue weighted by Crippen LogP contribution is -2.47. The molecule has 1 N–H and O–H groups in total. The number of piperidine rings is 1. The van der Waals surface area contributed by atoms with Gasteiger partial charge in [0.05, 0.1) is 18.1 Å². The molecule has 0 radical (unpaired) electrons. The van der Waals surface area contributed by atoms with Crippen molar-refractivity contribution in [1.82, 2.24) is 8.61 Å². The summed E-state index contributed by atoms with van der Waals surface area (Å²) >= 11 is 0. The Morgan fingerprint density at radius 3 is 2.54 bits per heavy atom. The van der Waals surface area contributed by atoms with Crippen molar-refractivity contribution in [3.05, 3.63) is 29.8 Å². The van der Waals surface area contributed by atoms with Gasteiger partial charge in [-0.2, -0.15) is 17.0 Å². The number of unbranched alkanes of at least 4 members (excludes halogenated alkanes) is 1. The van der Waals surface area contributed by atoms with E-state index in [-0.39, 0.29) is 18.4 Å². The molecule has 1 aliphatic rings. The second-order valence-electron chi connectivity index (χ2n) is 7.04. The van der Waals surface area contributed by atoms with Crippen molar-refractivity contribution in [3.8, 4) is 0 Å². The molecule has 0 aromatic heterocycles. The number of nitrogens with zero attached hydrogens (tertiary/aromatic N) is 2. The van der Waals surface area contributed by atoms with Crippen LogP contribution in [0.1, 0.15) is 43.0 Å². The Labute approximate surface area is 167 Å². The Hall–Kier alpha value is -1.97. The van der Waals surface area contributed by atoms with Gasteiger partial charge in [0.1, 0.15) is 0 Å². The van der Waals surface area contributed by atoms with Gasteiger partial charge in [0.2, 0.25) is 5.91 Å². The molecule has 1 aromatic rings. The zero-order valence-corrected chi connectivity index (χ0v) is 17.5. The van der Waals surface area contributed by atoms with E-state index in [0.717, 1.165) is 17.1 Å². The molecular weight excluding hydrogens is 382 g/mol. The highest BCUT2D eigenvalue weighted by Gasteiger charge is 2.33. The molecule has 1 fully saturated rings. The van der Waals surface area contributed by atoms with Crippen molar-refractivity contribution in [1.29, 1.82) is 0 Å². The minimum absolute atomic E-state index is 0.161. The summed E-state index contributed by atoms with van der Waals surface area (Å²) < 4.78 is 32.2. The minimum atomic E-state index is -3.53. The Morgan fingerprint density at radius 2 is 1.93 bits per heavy atom. The standard InChI is InChI=1S/C19H29N3O5S/c1-4-5-13-27-19(24)15-8-10-17(11-9-15)20-18(23)16-7-6-12-22(14-16)28(25,26)21(2)3/h8-11,16H,4-7,12-14H2,1-3H3,(H,20,23). The van der Waals surface area contributed by atoms with Gasteiger partial charge in [-0.3, -0.25) is 4.79 Å². The Bertz CT molecular complexity index is 777. The second-order valence-corrected chi connectivity index (χ2v) is 9.19. The van der Waals surface area contributed by atoms with Crippen LogP contribution in [0.25, 0.3) is 0 Å². The number of benzene rings is 1. The summed E-state index contributed by atoms with van der Waals surface area (Å²) in [5.74, 6) is -1.03. The average molecular weight is 412 g/mol. The lowest BCUT2D eigenvalue weighted by atomic mass is 9.98. The molecule has 0 bridgehead atoms. The van der Waals surface area contributed by atoms with Crippen molar-refractivity contribution < 1.29 is 22.7 Å². The molecule has 1 amide bonds. The van der Waals surface area contributed by atoms with Crippen molar-refractivity contribution in [3.63, 3.8) is 0 Å². The fourth-order valence-corrected chi connectivity index (χ4v) is 4.11. The van der Waals surface area contributed by atoms with Crippen molar-refractivity contribution >= 4 is 27.8 Å². The summed E-state index contributed by atoms with van der Waals surface area (Å²) in [5.41, 5.74) is 0.984. The first-order valence-electron chi connectivity index (χ1n) is 9.51. The van der Waals surface area contributed by atoms with Crippen LogP contribution in [-0.4, -0.2) is 62.7 Å². The lowest BCUT2D eigenvalue weighted by molar-refractivity contribution is -0.120. The smallest absolute Gasteiger partial charge is 0.338 e. The quantitative estimate of drug-likeness (QED) is 0.522. The van der Waals surface area contributed by atoms with Crippen LogP contribution in [0.3, 0.4) is 0 Å². The largest absolute Gasteiger partial charge is 0.462 e. The maximum atomic E-state index is 12.6.